The Morgan fingerprint density at radius 3 is 2.83 bits per heavy atom. The summed E-state index contributed by atoms with van der Waals surface area (Å²) in [7, 11) is 0. The summed E-state index contributed by atoms with van der Waals surface area (Å²) >= 11 is 0. The Kier molecular flexibility index (Phi) is 6.19. The van der Waals surface area contributed by atoms with Crippen molar-refractivity contribution in [2.75, 3.05) is 6.54 Å². The molecule has 1 aromatic heterocycles. The zero-order chi connectivity index (χ0) is 15.4. The first kappa shape index (κ1) is 17.5. The number of para-hydroxylation sites is 1. The van der Waals surface area contributed by atoms with E-state index >= 15 is 0 Å². The molecule has 1 aliphatic carbocycles. The molecule has 0 unspecified atom stereocenters. The van der Waals surface area contributed by atoms with E-state index in [4.69, 9.17) is 5.73 Å². The number of nitrogens with zero attached hydrogens (tertiary/aromatic N) is 2. The van der Waals surface area contributed by atoms with Crippen LogP contribution in [0, 0.1) is 11.8 Å². The second-order valence-corrected chi connectivity index (χ2v) is 5.88. The Bertz CT molecular complexity index is 629. The topological polar surface area (TPSA) is 72.9 Å². The number of benzene rings is 1. The van der Waals surface area contributed by atoms with Crippen LogP contribution in [0.15, 0.2) is 42.7 Å². The van der Waals surface area contributed by atoms with Crippen molar-refractivity contribution >= 4 is 18.3 Å². The zero-order valence-electron chi connectivity index (χ0n) is 13.0. The lowest BCUT2D eigenvalue weighted by Crippen LogP contribution is -2.34. The number of halogens is 1. The molecule has 1 heterocycles. The van der Waals surface area contributed by atoms with Gasteiger partial charge in [0.1, 0.15) is 0 Å². The molecule has 2 aromatic rings. The number of carbonyl (C=O) groups is 1. The second kappa shape index (κ2) is 8.13. The molecule has 1 amide bonds. The lowest BCUT2D eigenvalue weighted by molar-refractivity contribution is -0.126. The minimum Gasteiger partial charge on any atom is -0.352 e. The smallest absolute Gasteiger partial charge is 0.223 e. The summed E-state index contributed by atoms with van der Waals surface area (Å²) in [6, 6.07) is 9.93. The summed E-state index contributed by atoms with van der Waals surface area (Å²) in [5.74, 6) is 0.543. The Labute approximate surface area is 142 Å². The fourth-order valence-electron chi connectivity index (χ4n) is 3.16. The van der Waals surface area contributed by atoms with E-state index in [1.54, 1.807) is 6.20 Å². The van der Waals surface area contributed by atoms with Gasteiger partial charge in [0.25, 0.3) is 0 Å². The molecule has 124 valence electrons. The molecule has 23 heavy (non-hydrogen) atoms. The number of amides is 1. The summed E-state index contributed by atoms with van der Waals surface area (Å²) in [4.78, 5) is 12.3. The third-order valence-corrected chi connectivity index (χ3v) is 4.42. The summed E-state index contributed by atoms with van der Waals surface area (Å²) in [6.07, 6.45) is 6.87. The van der Waals surface area contributed by atoms with Gasteiger partial charge in [0.2, 0.25) is 5.91 Å². The molecule has 3 N–H and O–H groups in total. The lowest BCUT2D eigenvalue weighted by atomic mass is 9.95. The Hall–Kier alpha value is -1.85. The van der Waals surface area contributed by atoms with Gasteiger partial charge in [-0.05, 0) is 37.4 Å². The van der Waals surface area contributed by atoms with E-state index in [0.29, 0.717) is 19.0 Å². The third kappa shape index (κ3) is 4.12. The number of hydrogen-bond acceptors (Lipinski definition) is 3. The first-order valence-corrected chi connectivity index (χ1v) is 7.84. The monoisotopic (exact) mass is 334 g/mol. The van der Waals surface area contributed by atoms with Gasteiger partial charge >= 0.3 is 0 Å². The highest BCUT2D eigenvalue weighted by Gasteiger charge is 2.31. The molecule has 2 atom stereocenters. The second-order valence-electron chi connectivity index (χ2n) is 5.88. The molecule has 3 rings (SSSR count). The molecular weight excluding hydrogens is 312 g/mol. The number of aromatic nitrogens is 2. The predicted molar refractivity (Wildman–Crippen MR) is 92.5 cm³/mol. The van der Waals surface area contributed by atoms with Crippen molar-refractivity contribution in [1.82, 2.24) is 15.1 Å². The van der Waals surface area contributed by atoms with Gasteiger partial charge < -0.3 is 11.1 Å². The summed E-state index contributed by atoms with van der Waals surface area (Å²) in [5.41, 5.74) is 7.76. The predicted octanol–water partition coefficient (Wildman–Crippen LogP) is 2.29. The average Bonchev–Trinajstić information content (AvgIpc) is 3.22. The molecule has 1 saturated carbocycles. The molecule has 0 aliphatic heterocycles. The Balaban J connectivity index is 0.00000192. The van der Waals surface area contributed by atoms with Gasteiger partial charge in [0.15, 0.2) is 0 Å². The third-order valence-electron chi connectivity index (χ3n) is 4.42. The van der Waals surface area contributed by atoms with E-state index < -0.39 is 0 Å². The van der Waals surface area contributed by atoms with Crippen molar-refractivity contribution in [3.8, 4) is 5.69 Å². The maximum atomic E-state index is 12.3. The minimum atomic E-state index is 0. The molecule has 1 aromatic carbocycles. The van der Waals surface area contributed by atoms with Crippen LogP contribution >= 0.6 is 12.4 Å². The van der Waals surface area contributed by atoms with Crippen molar-refractivity contribution in [2.24, 2.45) is 17.6 Å². The molecule has 0 bridgehead atoms. The van der Waals surface area contributed by atoms with Gasteiger partial charge in [0, 0.05) is 24.2 Å². The number of rotatable bonds is 5. The molecular formula is C17H23ClN4O. The van der Waals surface area contributed by atoms with Crippen LogP contribution in [0.3, 0.4) is 0 Å². The first-order chi connectivity index (χ1) is 10.8. The zero-order valence-corrected chi connectivity index (χ0v) is 13.8. The van der Waals surface area contributed by atoms with Gasteiger partial charge in [-0.15, -0.1) is 12.4 Å². The normalized spacial score (nSPS) is 20.0. The van der Waals surface area contributed by atoms with Crippen LogP contribution in [0.4, 0.5) is 0 Å². The highest BCUT2D eigenvalue weighted by molar-refractivity contribution is 5.85. The first-order valence-electron chi connectivity index (χ1n) is 7.84. The minimum absolute atomic E-state index is 0. The van der Waals surface area contributed by atoms with Gasteiger partial charge in [-0.1, -0.05) is 24.6 Å². The molecule has 0 spiro atoms. The van der Waals surface area contributed by atoms with E-state index in [9.17, 15) is 4.79 Å². The summed E-state index contributed by atoms with van der Waals surface area (Å²) < 4.78 is 1.82. The standard InChI is InChI=1S/C17H22N4O.ClH/c18-9-14-5-4-8-16(14)17(22)19-10-13-11-20-21(12-13)15-6-2-1-3-7-15;/h1-3,6-7,11-12,14,16H,4-5,8-10,18H2,(H,19,22);1H/t14-,16-;/m1./s1. The van der Waals surface area contributed by atoms with Gasteiger partial charge in [0.05, 0.1) is 11.9 Å². The molecule has 0 radical (unpaired) electrons. The molecule has 1 fully saturated rings. The van der Waals surface area contributed by atoms with Crippen molar-refractivity contribution in [1.29, 1.82) is 0 Å². The average molecular weight is 335 g/mol. The van der Waals surface area contributed by atoms with E-state index in [2.05, 4.69) is 10.4 Å². The maximum absolute atomic E-state index is 12.3. The van der Waals surface area contributed by atoms with Crippen LogP contribution in [0.5, 0.6) is 0 Å². The van der Waals surface area contributed by atoms with E-state index in [-0.39, 0.29) is 24.2 Å². The van der Waals surface area contributed by atoms with Crippen molar-refractivity contribution in [3.05, 3.63) is 48.3 Å². The fourth-order valence-corrected chi connectivity index (χ4v) is 3.16. The summed E-state index contributed by atoms with van der Waals surface area (Å²) in [6.45, 7) is 1.11. The van der Waals surface area contributed by atoms with Crippen molar-refractivity contribution in [2.45, 2.75) is 25.8 Å². The quantitative estimate of drug-likeness (QED) is 0.881. The van der Waals surface area contributed by atoms with Crippen LogP contribution in [0.25, 0.3) is 5.69 Å². The van der Waals surface area contributed by atoms with Crippen LogP contribution in [0.2, 0.25) is 0 Å². The van der Waals surface area contributed by atoms with Crippen molar-refractivity contribution < 1.29 is 4.79 Å². The van der Waals surface area contributed by atoms with Gasteiger partial charge in [-0.2, -0.15) is 5.10 Å². The van der Waals surface area contributed by atoms with Crippen LogP contribution in [-0.4, -0.2) is 22.2 Å². The Morgan fingerprint density at radius 2 is 2.09 bits per heavy atom. The van der Waals surface area contributed by atoms with E-state index in [1.165, 1.54) is 0 Å². The maximum Gasteiger partial charge on any atom is 0.223 e. The highest BCUT2D eigenvalue weighted by Crippen LogP contribution is 2.30. The highest BCUT2D eigenvalue weighted by atomic mass is 35.5. The molecule has 5 nitrogen and oxygen atoms in total. The van der Waals surface area contributed by atoms with Gasteiger partial charge in [-0.25, -0.2) is 4.68 Å². The van der Waals surface area contributed by atoms with Gasteiger partial charge in [-0.3, -0.25) is 4.79 Å². The van der Waals surface area contributed by atoms with Crippen LogP contribution < -0.4 is 11.1 Å². The van der Waals surface area contributed by atoms with E-state index in [1.807, 2.05) is 41.2 Å². The lowest BCUT2D eigenvalue weighted by Gasteiger charge is -2.16. The number of hydrogen-bond donors (Lipinski definition) is 2. The molecule has 6 heteroatoms. The molecule has 1 aliphatic rings. The molecule has 0 saturated heterocycles. The number of nitrogens with one attached hydrogen (secondary N) is 1. The largest absolute Gasteiger partial charge is 0.352 e. The van der Waals surface area contributed by atoms with Crippen molar-refractivity contribution in [3.63, 3.8) is 0 Å². The Morgan fingerprint density at radius 1 is 1.30 bits per heavy atom. The van der Waals surface area contributed by atoms with Crippen LogP contribution in [0.1, 0.15) is 24.8 Å². The summed E-state index contributed by atoms with van der Waals surface area (Å²) in [5, 5.41) is 7.36. The fraction of sp³-hybridized carbons (Fsp3) is 0.412. The number of carbonyl (C=O) groups excluding carboxylic acids is 1. The number of nitrogens with two attached hydrogens (primary N) is 1. The van der Waals surface area contributed by atoms with E-state index in [0.717, 1.165) is 30.5 Å². The SMILES string of the molecule is Cl.NC[C@H]1CCC[C@H]1C(=O)NCc1cnn(-c2ccccc2)c1. The van der Waals surface area contributed by atoms with Crippen LogP contribution in [-0.2, 0) is 11.3 Å².